The summed E-state index contributed by atoms with van der Waals surface area (Å²) in [6, 6.07) is 12.3. The standard InChI is InChI=1S/C24H27N3O5/c1-31-24(30)17-6-11-21(26-12-2-3-13-26)20(15-17)25-22(28)16-32-19-9-7-18(8-10-19)27-14-4-5-23(27)29/h6-11,15H,2-5,12-14,16H2,1H3,(H,25,28). The van der Waals surface area contributed by atoms with Gasteiger partial charge >= 0.3 is 5.97 Å². The van der Waals surface area contributed by atoms with Crippen molar-refractivity contribution in [1.29, 1.82) is 0 Å². The maximum atomic E-state index is 12.6. The smallest absolute Gasteiger partial charge is 0.337 e. The molecule has 4 rings (SSSR count). The Morgan fingerprint density at radius 1 is 1.00 bits per heavy atom. The van der Waals surface area contributed by atoms with Crippen LogP contribution in [0.5, 0.6) is 5.75 Å². The number of carbonyl (C=O) groups excluding carboxylic acids is 3. The van der Waals surface area contributed by atoms with Gasteiger partial charge in [-0.3, -0.25) is 9.59 Å². The zero-order chi connectivity index (χ0) is 22.5. The van der Waals surface area contributed by atoms with Crippen molar-refractivity contribution in [2.45, 2.75) is 25.7 Å². The monoisotopic (exact) mass is 437 g/mol. The predicted molar refractivity (Wildman–Crippen MR) is 121 cm³/mol. The van der Waals surface area contributed by atoms with E-state index in [-0.39, 0.29) is 18.4 Å². The maximum Gasteiger partial charge on any atom is 0.337 e. The molecule has 1 N–H and O–H groups in total. The molecular formula is C24H27N3O5. The third kappa shape index (κ3) is 4.85. The number of rotatable bonds is 7. The summed E-state index contributed by atoms with van der Waals surface area (Å²) in [5, 5.41) is 2.87. The second kappa shape index (κ2) is 9.72. The van der Waals surface area contributed by atoms with Crippen molar-refractivity contribution in [3.63, 3.8) is 0 Å². The van der Waals surface area contributed by atoms with E-state index in [2.05, 4.69) is 10.2 Å². The van der Waals surface area contributed by atoms with Crippen molar-refractivity contribution in [2.75, 3.05) is 48.5 Å². The molecule has 168 valence electrons. The van der Waals surface area contributed by atoms with Crippen LogP contribution in [0.3, 0.4) is 0 Å². The number of methoxy groups -OCH3 is 1. The van der Waals surface area contributed by atoms with Crippen molar-refractivity contribution in [1.82, 2.24) is 0 Å². The highest BCUT2D eigenvalue weighted by molar-refractivity contribution is 5.99. The van der Waals surface area contributed by atoms with Gasteiger partial charge in [-0.05, 0) is 61.7 Å². The summed E-state index contributed by atoms with van der Waals surface area (Å²) in [7, 11) is 1.33. The fraction of sp³-hybridized carbons (Fsp3) is 0.375. The summed E-state index contributed by atoms with van der Waals surface area (Å²) in [4.78, 5) is 40.3. The van der Waals surface area contributed by atoms with E-state index in [9.17, 15) is 14.4 Å². The summed E-state index contributed by atoms with van der Waals surface area (Å²) < 4.78 is 10.4. The van der Waals surface area contributed by atoms with Gasteiger partial charge in [-0.15, -0.1) is 0 Å². The van der Waals surface area contributed by atoms with Gasteiger partial charge in [-0.1, -0.05) is 0 Å². The van der Waals surface area contributed by atoms with Gasteiger partial charge in [0.05, 0.1) is 24.0 Å². The lowest BCUT2D eigenvalue weighted by Gasteiger charge is -2.22. The van der Waals surface area contributed by atoms with E-state index in [1.165, 1.54) is 7.11 Å². The van der Waals surface area contributed by atoms with Gasteiger partial charge in [0.15, 0.2) is 6.61 Å². The molecule has 2 saturated heterocycles. The lowest BCUT2D eigenvalue weighted by Crippen LogP contribution is -2.24. The average Bonchev–Trinajstić information content (AvgIpc) is 3.49. The van der Waals surface area contributed by atoms with Gasteiger partial charge in [0.25, 0.3) is 5.91 Å². The van der Waals surface area contributed by atoms with E-state index in [0.717, 1.165) is 50.3 Å². The van der Waals surface area contributed by atoms with E-state index in [1.807, 2.05) is 18.2 Å². The molecule has 2 heterocycles. The first-order valence-corrected chi connectivity index (χ1v) is 10.9. The molecular weight excluding hydrogens is 410 g/mol. The summed E-state index contributed by atoms with van der Waals surface area (Å²) in [5.74, 6) is -0.118. The average molecular weight is 437 g/mol. The molecule has 0 unspecified atom stereocenters. The number of benzene rings is 2. The summed E-state index contributed by atoms with van der Waals surface area (Å²) >= 11 is 0. The summed E-state index contributed by atoms with van der Waals surface area (Å²) in [5.41, 5.74) is 2.65. The quantitative estimate of drug-likeness (QED) is 0.669. The first kappa shape index (κ1) is 21.7. The van der Waals surface area contributed by atoms with Crippen LogP contribution < -0.4 is 19.9 Å². The molecule has 2 fully saturated rings. The number of nitrogens with zero attached hydrogens (tertiary/aromatic N) is 2. The van der Waals surface area contributed by atoms with Crippen LogP contribution in [0.2, 0.25) is 0 Å². The molecule has 0 atom stereocenters. The number of hydrogen-bond acceptors (Lipinski definition) is 6. The van der Waals surface area contributed by atoms with Crippen LogP contribution in [0.25, 0.3) is 0 Å². The van der Waals surface area contributed by atoms with E-state index >= 15 is 0 Å². The van der Waals surface area contributed by atoms with Gasteiger partial charge < -0.3 is 24.6 Å². The molecule has 8 heteroatoms. The molecule has 2 aromatic carbocycles. The molecule has 0 aromatic heterocycles. The Labute approximate surface area is 187 Å². The van der Waals surface area contributed by atoms with E-state index in [0.29, 0.717) is 23.4 Å². The normalized spacial score (nSPS) is 15.7. The Hall–Kier alpha value is -3.55. The van der Waals surface area contributed by atoms with Gasteiger partial charge in [-0.2, -0.15) is 0 Å². The Balaban J connectivity index is 1.40. The second-order valence-electron chi connectivity index (χ2n) is 7.90. The fourth-order valence-corrected chi connectivity index (χ4v) is 4.09. The van der Waals surface area contributed by atoms with E-state index in [1.54, 1.807) is 29.2 Å². The number of hydrogen-bond donors (Lipinski definition) is 1. The van der Waals surface area contributed by atoms with Crippen molar-refractivity contribution >= 4 is 34.8 Å². The maximum absolute atomic E-state index is 12.6. The molecule has 0 bridgehead atoms. The highest BCUT2D eigenvalue weighted by Crippen LogP contribution is 2.30. The van der Waals surface area contributed by atoms with Crippen LogP contribution in [0, 0.1) is 0 Å². The number of anilines is 3. The Bertz CT molecular complexity index is 999. The topological polar surface area (TPSA) is 88.2 Å². The van der Waals surface area contributed by atoms with Crippen molar-refractivity contribution in [2.24, 2.45) is 0 Å². The van der Waals surface area contributed by atoms with E-state index < -0.39 is 5.97 Å². The van der Waals surface area contributed by atoms with Crippen LogP contribution in [0.15, 0.2) is 42.5 Å². The number of nitrogens with one attached hydrogen (secondary N) is 1. The summed E-state index contributed by atoms with van der Waals surface area (Å²) in [6.45, 7) is 2.36. The van der Waals surface area contributed by atoms with E-state index in [4.69, 9.17) is 9.47 Å². The molecule has 2 aliphatic rings. The van der Waals surface area contributed by atoms with Gasteiger partial charge in [0.2, 0.25) is 5.91 Å². The molecule has 2 aliphatic heterocycles. The molecule has 2 amide bonds. The lowest BCUT2D eigenvalue weighted by atomic mass is 10.1. The molecule has 0 aliphatic carbocycles. The van der Waals surface area contributed by atoms with Crippen molar-refractivity contribution in [3.05, 3.63) is 48.0 Å². The SMILES string of the molecule is COC(=O)c1ccc(N2CCCC2)c(NC(=O)COc2ccc(N3CCCC3=O)cc2)c1. The molecule has 2 aromatic rings. The molecule has 0 spiro atoms. The number of esters is 1. The second-order valence-corrected chi connectivity index (χ2v) is 7.90. The fourth-order valence-electron chi connectivity index (χ4n) is 4.09. The molecule has 0 saturated carbocycles. The first-order chi connectivity index (χ1) is 15.5. The first-order valence-electron chi connectivity index (χ1n) is 10.9. The predicted octanol–water partition coefficient (Wildman–Crippen LogP) is 3.22. The third-order valence-electron chi connectivity index (χ3n) is 5.73. The van der Waals surface area contributed by atoms with Gasteiger partial charge in [0, 0.05) is 31.7 Å². The van der Waals surface area contributed by atoms with Crippen LogP contribution in [0.4, 0.5) is 17.1 Å². The Morgan fingerprint density at radius 2 is 1.75 bits per heavy atom. The minimum Gasteiger partial charge on any atom is -0.484 e. The van der Waals surface area contributed by atoms with Crippen LogP contribution >= 0.6 is 0 Å². The molecule has 32 heavy (non-hydrogen) atoms. The Kier molecular flexibility index (Phi) is 6.58. The number of amides is 2. The van der Waals surface area contributed by atoms with Crippen LogP contribution in [-0.4, -0.2) is 51.1 Å². The van der Waals surface area contributed by atoms with Crippen LogP contribution in [-0.2, 0) is 14.3 Å². The third-order valence-corrected chi connectivity index (χ3v) is 5.73. The minimum atomic E-state index is -0.457. The molecule has 8 nitrogen and oxygen atoms in total. The zero-order valence-corrected chi connectivity index (χ0v) is 18.1. The Morgan fingerprint density at radius 3 is 2.41 bits per heavy atom. The van der Waals surface area contributed by atoms with Crippen molar-refractivity contribution < 1.29 is 23.9 Å². The summed E-state index contributed by atoms with van der Waals surface area (Å²) in [6.07, 6.45) is 3.63. The molecule has 0 radical (unpaired) electrons. The number of ether oxygens (including phenoxy) is 2. The van der Waals surface area contributed by atoms with Crippen molar-refractivity contribution in [3.8, 4) is 5.75 Å². The van der Waals surface area contributed by atoms with Gasteiger partial charge in [0.1, 0.15) is 5.75 Å². The largest absolute Gasteiger partial charge is 0.484 e. The van der Waals surface area contributed by atoms with Crippen LogP contribution in [0.1, 0.15) is 36.0 Å². The van der Waals surface area contributed by atoms with Gasteiger partial charge in [-0.25, -0.2) is 4.79 Å². The highest BCUT2D eigenvalue weighted by Gasteiger charge is 2.22. The minimum absolute atomic E-state index is 0.126. The lowest BCUT2D eigenvalue weighted by molar-refractivity contribution is -0.118. The number of carbonyl (C=O) groups is 3. The zero-order valence-electron chi connectivity index (χ0n) is 18.1. The highest BCUT2D eigenvalue weighted by atomic mass is 16.5.